The number of nitrogens with one attached hydrogen (secondary N) is 2. The summed E-state index contributed by atoms with van der Waals surface area (Å²) in [4.78, 5) is 13.2. The van der Waals surface area contributed by atoms with Gasteiger partial charge in [0.1, 0.15) is 5.82 Å². The highest BCUT2D eigenvalue weighted by Crippen LogP contribution is 2.27. The Morgan fingerprint density at radius 3 is 2.91 bits per heavy atom. The van der Waals surface area contributed by atoms with Crippen molar-refractivity contribution in [3.63, 3.8) is 0 Å². The smallest absolute Gasteiger partial charge is 0.308 e. The molecular weight excluding hydrogens is 294 g/mol. The molecule has 0 aliphatic heterocycles. The number of aromatic amines is 1. The lowest BCUT2D eigenvalue weighted by atomic mass is 9.82. The Bertz CT molecular complexity index is 686. The molecule has 2 aromatic heterocycles. The Morgan fingerprint density at radius 1 is 1.39 bits per heavy atom. The third-order valence-electron chi connectivity index (χ3n) is 4.74. The van der Waals surface area contributed by atoms with Crippen LogP contribution in [0.1, 0.15) is 44.1 Å². The van der Waals surface area contributed by atoms with Crippen molar-refractivity contribution in [2.45, 2.75) is 58.2 Å². The summed E-state index contributed by atoms with van der Waals surface area (Å²) < 4.78 is 1.61. The second-order valence-corrected chi connectivity index (χ2v) is 6.26. The zero-order chi connectivity index (χ0) is 16.2. The normalized spacial score (nSPS) is 21.7. The number of aromatic nitrogens is 6. The van der Waals surface area contributed by atoms with Crippen molar-refractivity contribution in [1.29, 1.82) is 0 Å². The van der Waals surface area contributed by atoms with E-state index in [2.05, 4.69) is 25.7 Å². The molecular formula is C15H25N7O. The molecule has 0 aromatic carbocycles. The predicted octanol–water partition coefficient (Wildman–Crippen LogP) is 0.611. The van der Waals surface area contributed by atoms with Crippen LogP contribution in [0.3, 0.4) is 0 Å². The van der Waals surface area contributed by atoms with Crippen LogP contribution < -0.4 is 11.0 Å². The van der Waals surface area contributed by atoms with Gasteiger partial charge in [-0.15, -0.1) is 0 Å². The van der Waals surface area contributed by atoms with Crippen molar-refractivity contribution >= 4 is 0 Å². The molecule has 126 valence electrons. The summed E-state index contributed by atoms with van der Waals surface area (Å²) in [5.74, 6) is 1.34. The second-order valence-electron chi connectivity index (χ2n) is 6.26. The van der Waals surface area contributed by atoms with E-state index in [1.807, 2.05) is 13.1 Å². The largest absolute Gasteiger partial charge is 0.343 e. The molecule has 23 heavy (non-hydrogen) atoms. The topological polar surface area (TPSA) is 93.4 Å². The van der Waals surface area contributed by atoms with E-state index < -0.39 is 0 Å². The van der Waals surface area contributed by atoms with E-state index in [1.54, 1.807) is 16.4 Å². The molecule has 0 bridgehead atoms. The Morgan fingerprint density at radius 2 is 2.22 bits per heavy atom. The number of rotatable bonds is 6. The molecule has 0 radical (unpaired) electrons. The Kier molecular flexibility index (Phi) is 4.90. The van der Waals surface area contributed by atoms with E-state index in [0.29, 0.717) is 12.0 Å². The first-order valence-corrected chi connectivity index (χ1v) is 8.40. The molecule has 2 atom stereocenters. The van der Waals surface area contributed by atoms with Gasteiger partial charge in [-0.2, -0.15) is 20.1 Å². The zero-order valence-corrected chi connectivity index (χ0v) is 13.8. The molecule has 1 saturated carbocycles. The van der Waals surface area contributed by atoms with Crippen molar-refractivity contribution in [2.75, 3.05) is 0 Å². The van der Waals surface area contributed by atoms with Crippen LogP contribution >= 0.6 is 0 Å². The molecule has 2 aromatic rings. The second kappa shape index (κ2) is 7.08. The lowest BCUT2D eigenvalue weighted by Crippen LogP contribution is -2.39. The number of aryl methyl sites for hydroxylation is 1. The van der Waals surface area contributed by atoms with E-state index in [9.17, 15) is 4.79 Å². The summed E-state index contributed by atoms with van der Waals surface area (Å²) in [5.41, 5.74) is 0.833. The first kappa shape index (κ1) is 15.9. The summed E-state index contributed by atoms with van der Waals surface area (Å²) in [6, 6.07) is 0.433. The zero-order valence-electron chi connectivity index (χ0n) is 13.8. The first-order valence-electron chi connectivity index (χ1n) is 8.40. The van der Waals surface area contributed by atoms with Crippen LogP contribution in [0.2, 0.25) is 0 Å². The Balaban J connectivity index is 1.61. The maximum absolute atomic E-state index is 11.5. The minimum Gasteiger partial charge on any atom is -0.308 e. The van der Waals surface area contributed by atoms with Crippen LogP contribution in [0.4, 0.5) is 0 Å². The maximum Gasteiger partial charge on any atom is 0.343 e. The van der Waals surface area contributed by atoms with E-state index in [4.69, 9.17) is 0 Å². The lowest BCUT2D eigenvalue weighted by Gasteiger charge is -2.32. The summed E-state index contributed by atoms with van der Waals surface area (Å²) in [6.45, 7) is 3.56. The minimum atomic E-state index is -0.142. The maximum atomic E-state index is 11.5. The van der Waals surface area contributed by atoms with Crippen LogP contribution in [0, 0.1) is 5.92 Å². The third kappa shape index (κ3) is 3.69. The summed E-state index contributed by atoms with van der Waals surface area (Å²) in [5, 5.41) is 18.9. The average Bonchev–Trinajstić information content (AvgIpc) is 3.16. The highest BCUT2D eigenvalue weighted by atomic mass is 16.1. The highest BCUT2D eigenvalue weighted by Gasteiger charge is 2.26. The third-order valence-corrected chi connectivity index (χ3v) is 4.74. The molecule has 8 nitrogen and oxygen atoms in total. The van der Waals surface area contributed by atoms with Gasteiger partial charge < -0.3 is 5.32 Å². The number of hydrogen-bond donors (Lipinski definition) is 2. The van der Waals surface area contributed by atoms with Crippen LogP contribution in [-0.2, 0) is 26.6 Å². The molecule has 2 heterocycles. The van der Waals surface area contributed by atoms with Gasteiger partial charge in [0, 0.05) is 26.1 Å². The van der Waals surface area contributed by atoms with Gasteiger partial charge in [0.05, 0.1) is 18.4 Å². The van der Waals surface area contributed by atoms with E-state index in [0.717, 1.165) is 37.4 Å². The number of H-pyrrole nitrogens is 1. The molecule has 0 amide bonds. The quantitative estimate of drug-likeness (QED) is 0.814. The number of hydrogen-bond acceptors (Lipinski definition) is 5. The SMILES string of the molecule is CCn1ncc(CN[C@@H]2CCCC[C@@H]2Cc2n[nH]c(=O)n2C)n1. The van der Waals surface area contributed by atoms with Crippen LogP contribution in [0.5, 0.6) is 0 Å². The van der Waals surface area contributed by atoms with Crippen molar-refractivity contribution in [3.8, 4) is 0 Å². The van der Waals surface area contributed by atoms with Gasteiger partial charge in [-0.05, 0) is 25.7 Å². The summed E-state index contributed by atoms with van der Waals surface area (Å²) in [7, 11) is 1.77. The van der Waals surface area contributed by atoms with E-state index in [1.165, 1.54) is 19.3 Å². The molecule has 3 rings (SSSR count). The monoisotopic (exact) mass is 319 g/mol. The molecule has 1 aliphatic carbocycles. The van der Waals surface area contributed by atoms with Crippen LogP contribution in [0.25, 0.3) is 0 Å². The van der Waals surface area contributed by atoms with E-state index >= 15 is 0 Å². The molecule has 2 N–H and O–H groups in total. The van der Waals surface area contributed by atoms with Crippen molar-refractivity contribution in [2.24, 2.45) is 13.0 Å². The molecule has 0 saturated heterocycles. The summed E-state index contributed by atoms with van der Waals surface area (Å²) >= 11 is 0. The molecule has 8 heteroatoms. The fraction of sp³-hybridized carbons (Fsp3) is 0.733. The standard InChI is InChI=1S/C15H25N7O/c1-3-22-17-10-12(20-22)9-16-13-7-5-4-6-11(13)8-14-18-19-15(23)21(14)2/h10-11,13,16H,3-9H2,1-2H3,(H,19,23)/t11-,13-/m1/s1. The molecule has 0 unspecified atom stereocenters. The van der Waals surface area contributed by atoms with Gasteiger partial charge in [0.25, 0.3) is 0 Å². The fourth-order valence-electron chi connectivity index (χ4n) is 3.32. The average molecular weight is 319 g/mol. The first-order chi connectivity index (χ1) is 11.2. The molecule has 1 fully saturated rings. The lowest BCUT2D eigenvalue weighted by molar-refractivity contribution is 0.254. The Hall–Kier alpha value is -1.96. The van der Waals surface area contributed by atoms with Gasteiger partial charge in [0.2, 0.25) is 0 Å². The minimum absolute atomic E-state index is 0.142. The van der Waals surface area contributed by atoms with Gasteiger partial charge in [0.15, 0.2) is 0 Å². The van der Waals surface area contributed by atoms with Crippen molar-refractivity contribution in [1.82, 2.24) is 35.1 Å². The highest BCUT2D eigenvalue weighted by molar-refractivity contribution is 4.95. The van der Waals surface area contributed by atoms with Crippen molar-refractivity contribution in [3.05, 3.63) is 28.2 Å². The molecule has 1 aliphatic rings. The van der Waals surface area contributed by atoms with Crippen LogP contribution in [0.15, 0.2) is 11.0 Å². The summed E-state index contributed by atoms with van der Waals surface area (Å²) in [6.07, 6.45) is 7.47. The predicted molar refractivity (Wildman–Crippen MR) is 85.8 cm³/mol. The molecule has 0 spiro atoms. The van der Waals surface area contributed by atoms with Gasteiger partial charge in [-0.25, -0.2) is 9.89 Å². The van der Waals surface area contributed by atoms with Gasteiger partial charge in [-0.3, -0.25) is 4.57 Å². The van der Waals surface area contributed by atoms with Gasteiger partial charge in [-0.1, -0.05) is 12.8 Å². The van der Waals surface area contributed by atoms with Crippen LogP contribution in [-0.4, -0.2) is 35.8 Å². The van der Waals surface area contributed by atoms with Crippen molar-refractivity contribution < 1.29 is 0 Å². The number of nitrogens with zero attached hydrogens (tertiary/aromatic N) is 5. The van der Waals surface area contributed by atoms with Gasteiger partial charge >= 0.3 is 5.69 Å². The fourth-order valence-corrected chi connectivity index (χ4v) is 3.32. The van der Waals surface area contributed by atoms with E-state index in [-0.39, 0.29) is 5.69 Å². The Labute approximate surface area is 135 Å².